The molecule has 1 fully saturated rings. The normalized spacial score (nSPS) is 19.0. The highest BCUT2D eigenvalue weighted by molar-refractivity contribution is 7.99. The molecule has 35 heavy (non-hydrogen) atoms. The van der Waals surface area contributed by atoms with Crippen molar-refractivity contribution in [1.29, 1.82) is 0 Å². The van der Waals surface area contributed by atoms with Crippen molar-refractivity contribution in [3.63, 3.8) is 0 Å². The van der Waals surface area contributed by atoms with Gasteiger partial charge in [0.1, 0.15) is 6.54 Å². The molecule has 1 aliphatic heterocycles. The maximum Gasteiger partial charge on any atom is 0.334 e. The minimum atomic E-state index is -1.33. The molecule has 0 radical (unpaired) electrons. The Hall–Kier alpha value is -3.12. The fourth-order valence-electron chi connectivity index (χ4n) is 3.96. The Labute approximate surface area is 211 Å². The first-order chi connectivity index (χ1) is 16.8. The number of hydrogen-bond donors (Lipinski definition) is 1. The first-order valence-electron chi connectivity index (χ1n) is 11.1. The summed E-state index contributed by atoms with van der Waals surface area (Å²) in [6.45, 7) is 1.16. The summed E-state index contributed by atoms with van der Waals surface area (Å²) in [4.78, 5) is 52.2. The Kier molecular flexibility index (Phi) is 9.49. The maximum absolute atomic E-state index is 13.5. The molecular formula is C23H27N3O7S2. The number of benzene rings is 1. The number of nitro groups is 1. The fourth-order valence-corrected chi connectivity index (χ4v) is 6.27. The lowest BCUT2D eigenvalue weighted by molar-refractivity contribution is -0.666. The molecule has 1 amide bonds. The van der Waals surface area contributed by atoms with Gasteiger partial charge in [-0.1, -0.05) is 36.4 Å². The molecular weight excluding hydrogens is 494 g/mol. The number of rotatable bonds is 11. The van der Waals surface area contributed by atoms with Gasteiger partial charge in [-0.05, 0) is 36.8 Å². The van der Waals surface area contributed by atoms with Crippen molar-refractivity contribution in [2.24, 2.45) is 0 Å². The number of ether oxygens (including phenoxy) is 1. The van der Waals surface area contributed by atoms with Crippen LogP contribution in [0, 0.1) is 10.1 Å². The van der Waals surface area contributed by atoms with Crippen molar-refractivity contribution in [3.8, 4) is 0 Å². The van der Waals surface area contributed by atoms with Gasteiger partial charge in [-0.25, -0.2) is 14.9 Å². The molecule has 188 valence electrons. The predicted octanol–water partition coefficient (Wildman–Crippen LogP) is 2.88. The van der Waals surface area contributed by atoms with Crippen LogP contribution >= 0.6 is 23.1 Å². The lowest BCUT2D eigenvalue weighted by atomic mass is 10.0. The third kappa shape index (κ3) is 6.95. The Morgan fingerprint density at radius 3 is 2.63 bits per heavy atom. The number of carboxylic acids is 1. The Balaban J connectivity index is 1.93. The number of hydrogen-bond acceptors (Lipinski definition) is 8. The summed E-state index contributed by atoms with van der Waals surface area (Å²) in [7, 11) is 0. The highest BCUT2D eigenvalue weighted by Crippen LogP contribution is 2.37. The molecule has 0 bridgehead atoms. The van der Waals surface area contributed by atoms with Gasteiger partial charge in [0.2, 0.25) is 0 Å². The molecule has 3 atom stereocenters. The Bertz CT molecular complexity index is 1020. The van der Waals surface area contributed by atoms with E-state index in [0.29, 0.717) is 11.4 Å². The van der Waals surface area contributed by atoms with Gasteiger partial charge in [-0.2, -0.15) is 0 Å². The van der Waals surface area contributed by atoms with E-state index in [2.05, 4.69) is 0 Å². The smallest absolute Gasteiger partial charge is 0.334 e. The molecule has 0 aliphatic carbocycles. The van der Waals surface area contributed by atoms with Crippen molar-refractivity contribution in [2.45, 2.75) is 37.1 Å². The van der Waals surface area contributed by atoms with Crippen LogP contribution in [0.2, 0.25) is 0 Å². The number of aliphatic carboxylic acids is 1. The quantitative estimate of drug-likeness (QED) is 0.269. The Morgan fingerprint density at radius 1 is 1.29 bits per heavy atom. The molecule has 0 saturated carbocycles. The van der Waals surface area contributed by atoms with E-state index in [-0.39, 0.29) is 30.6 Å². The minimum Gasteiger partial charge on any atom is -0.480 e. The van der Waals surface area contributed by atoms with E-state index in [0.717, 1.165) is 15.3 Å². The van der Waals surface area contributed by atoms with Crippen molar-refractivity contribution in [1.82, 2.24) is 9.91 Å². The minimum absolute atomic E-state index is 0.0275. The van der Waals surface area contributed by atoms with Crippen LogP contribution in [0.4, 0.5) is 0 Å². The van der Waals surface area contributed by atoms with E-state index in [4.69, 9.17) is 4.74 Å². The number of aryl methyl sites for hydroxylation is 1. The third-order valence-corrected chi connectivity index (χ3v) is 8.01. The van der Waals surface area contributed by atoms with Crippen LogP contribution < -0.4 is 0 Å². The molecule has 1 saturated heterocycles. The largest absolute Gasteiger partial charge is 0.480 e. The molecule has 1 aromatic heterocycles. The lowest BCUT2D eigenvalue weighted by Crippen LogP contribution is -2.58. The van der Waals surface area contributed by atoms with E-state index in [1.54, 1.807) is 6.92 Å². The molecule has 1 aromatic carbocycles. The van der Waals surface area contributed by atoms with Crippen molar-refractivity contribution in [3.05, 3.63) is 68.4 Å². The first kappa shape index (κ1) is 26.5. The summed E-state index contributed by atoms with van der Waals surface area (Å²) >= 11 is 2.82. The maximum atomic E-state index is 13.5. The highest BCUT2D eigenvalue weighted by atomic mass is 32.2. The van der Waals surface area contributed by atoms with Crippen molar-refractivity contribution >= 4 is 40.9 Å². The van der Waals surface area contributed by atoms with Crippen LogP contribution in [-0.2, 0) is 25.5 Å². The molecule has 1 aliphatic rings. The summed E-state index contributed by atoms with van der Waals surface area (Å²) in [6, 6.07) is 10.3. The average Bonchev–Trinajstić information content (AvgIpc) is 3.31. The predicted molar refractivity (Wildman–Crippen MR) is 132 cm³/mol. The summed E-state index contributed by atoms with van der Waals surface area (Å²) in [5.74, 6) is -2.67. The van der Waals surface area contributed by atoms with Crippen molar-refractivity contribution < 1.29 is 29.3 Å². The number of esters is 1. The van der Waals surface area contributed by atoms with Gasteiger partial charge in [0.25, 0.3) is 5.91 Å². The summed E-state index contributed by atoms with van der Waals surface area (Å²) < 4.78 is 5.14. The molecule has 12 heteroatoms. The molecule has 2 aromatic rings. The third-order valence-electron chi connectivity index (χ3n) is 5.56. The number of amides is 1. The SMILES string of the molecule is CCOC(=O)[C@H](CCc1ccccc1)N([C@H]1CS[C@H](c2cccs2)CN(CC(=O)O)C1=O)[N+](=O)[O-]. The van der Waals surface area contributed by atoms with Crippen LogP contribution in [0.1, 0.15) is 29.0 Å². The summed E-state index contributed by atoms with van der Waals surface area (Å²) in [6.07, 6.45) is 0.422. The van der Waals surface area contributed by atoms with E-state index in [1.165, 1.54) is 23.1 Å². The van der Waals surface area contributed by atoms with E-state index < -0.39 is 41.5 Å². The molecule has 3 rings (SSSR count). The second kappa shape index (κ2) is 12.5. The average molecular weight is 522 g/mol. The van der Waals surface area contributed by atoms with Crippen LogP contribution in [0.5, 0.6) is 0 Å². The second-order valence-corrected chi connectivity index (χ2v) is 10.1. The van der Waals surface area contributed by atoms with Crippen LogP contribution in [0.3, 0.4) is 0 Å². The standard InChI is InChI=1S/C23H27N3O7S2/c1-2-33-23(30)17(11-10-16-7-4-3-5-8-16)25(26(31)32)18-15-35-20(19-9-6-12-34-19)13-24(22(18)29)14-21(27)28/h3-9,12,17-18,20H,2,10-11,13-15H2,1H3,(H,27,28)/t17-,18-,20-/m0/s1. The number of nitrogens with zero attached hydrogens (tertiary/aromatic N) is 3. The van der Waals surface area contributed by atoms with Gasteiger partial charge < -0.3 is 14.7 Å². The summed E-state index contributed by atoms with van der Waals surface area (Å²) in [5, 5.41) is 23.2. The number of carboxylic acid groups (broad SMARTS) is 1. The number of hydrazine groups is 1. The molecule has 10 nitrogen and oxygen atoms in total. The van der Waals surface area contributed by atoms with Gasteiger partial charge in [0.15, 0.2) is 17.1 Å². The Morgan fingerprint density at radius 2 is 2.03 bits per heavy atom. The molecule has 0 unspecified atom stereocenters. The van der Waals surface area contributed by atoms with Crippen LogP contribution in [-0.4, -0.2) is 75.4 Å². The number of carbonyl (C=O) groups excluding carboxylic acids is 2. The van der Waals surface area contributed by atoms with Gasteiger partial charge >= 0.3 is 11.9 Å². The topological polar surface area (TPSA) is 130 Å². The number of thiophene rings is 1. The number of thioether (sulfide) groups is 1. The van der Waals surface area contributed by atoms with Crippen molar-refractivity contribution in [2.75, 3.05) is 25.4 Å². The number of carbonyl (C=O) groups is 3. The zero-order valence-electron chi connectivity index (χ0n) is 19.1. The van der Waals surface area contributed by atoms with Crippen LogP contribution in [0.15, 0.2) is 47.8 Å². The van der Waals surface area contributed by atoms with Gasteiger partial charge in [-0.15, -0.1) is 28.1 Å². The van der Waals surface area contributed by atoms with Gasteiger partial charge in [-0.3, -0.25) is 9.59 Å². The molecule has 1 N–H and O–H groups in total. The van der Waals surface area contributed by atoms with E-state index >= 15 is 0 Å². The monoisotopic (exact) mass is 521 g/mol. The van der Waals surface area contributed by atoms with E-state index in [9.17, 15) is 29.6 Å². The van der Waals surface area contributed by atoms with Gasteiger partial charge in [0.05, 0.1) is 11.9 Å². The fraction of sp³-hybridized carbons (Fsp3) is 0.435. The zero-order valence-corrected chi connectivity index (χ0v) is 20.8. The molecule has 2 heterocycles. The summed E-state index contributed by atoms with van der Waals surface area (Å²) in [5.41, 5.74) is 0.886. The first-order valence-corrected chi connectivity index (χ1v) is 13.0. The van der Waals surface area contributed by atoms with Crippen LogP contribution in [0.25, 0.3) is 0 Å². The highest BCUT2D eigenvalue weighted by Gasteiger charge is 2.47. The zero-order chi connectivity index (χ0) is 25.4. The lowest BCUT2D eigenvalue weighted by Gasteiger charge is -2.30. The van der Waals surface area contributed by atoms with E-state index in [1.807, 2.05) is 47.8 Å². The molecule has 0 spiro atoms. The second-order valence-electron chi connectivity index (χ2n) is 7.88. The van der Waals surface area contributed by atoms with Gasteiger partial charge in [0, 0.05) is 17.2 Å².